The van der Waals surface area contributed by atoms with E-state index in [2.05, 4.69) is 29.1 Å². The standard InChI is InChI=1S/C11H16ClN3O2/c1-7(2)3-8(4-16)15-11-9(5-17)10(12)13-6-14-11/h5-8,16H,3-4H2,1-2H3,(H,13,14,15). The van der Waals surface area contributed by atoms with Crippen molar-refractivity contribution in [2.75, 3.05) is 11.9 Å². The Labute approximate surface area is 105 Å². The van der Waals surface area contributed by atoms with Gasteiger partial charge in [-0.15, -0.1) is 0 Å². The number of carbonyl (C=O) groups excluding carboxylic acids is 1. The van der Waals surface area contributed by atoms with Crippen LogP contribution in [0.2, 0.25) is 5.15 Å². The first kappa shape index (κ1) is 13.9. The molecule has 1 atom stereocenters. The second kappa shape index (κ2) is 6.51. The Morgan fingerprint density at radius 3 is 2.76 bits per heavy atom. The smallest absolute Gasteiger partial charge is 0.156 e. The van der Waals surface area contributed by atoms with E-state index in [1.807, 2.05) is 0 Å². The number of halogens is 1. The Bertz CT molecular complexity index is 385. The van der Waals surface area contributed by atoms with Gasteiger partial charge in [0.1, 0.15) is 17.3 Å². The zero-order valence-corrected chi connectivity index (χ0v) is 10.6. The lowest BCUT2D eigenvalue weighted by molar-refractivity contribution is 0.112. The average Bonchev–Trinajstić information content (AvgIpc) is 2.28. The van der Waals surface area contributed by atoms with Crippen molar-refractivity contribution < 1.29 is 9.90 Å². The van der Waals surface area contributed by atoms with E-state index in [0.717, 1.165) is 6.42 Å². The highest BCUT2D eigenvalue weighted by Crippen LogP contribution is 2.19. The second-order valence-electron chi connectivity index (χ2n) is 4.20. The minimum Gasteiger partial charge on any atom is -0.394 e. The molecule has 0 amide bonds. The van der Waals surface area contributed by atoms with E-state index < -0.39 is 0 Å². The van der Waals surface area contributed by atoms with Gasteiger partial charge in [0.2, 0.25) is 0 Å². The molecule has 0 bridgehead atoms. The molecule has 1 unspecified atom stereocenters. The molecular formula is C11H16ClN3O2. The molecule has 1 heterocycles. The first-order chi connectivity index (χ1) is 8.08. The van der Waals surface area contributed by atoms with E-state index in [1.165, 1.54) is 6.33 Å². The quantitative estimate of drug-likeness (QED) is 0.600. The second-order valence-corrected chi connectivity index (χ2v) is 4.56. The molecule has 1 rings (SSSR count). The van der Waals surface area contributed by atoms with Crippen molar-refractivity contribution in [3.05, 3.63) is 17.0 Å². The van der Waals surface area contributed by atoms with Crippen molar-refractivity contribution in [2.24, 2.45) is 5.92 Å². The number of hydrogen-bond donors (Lipinski definition) is 2. The van der Waals surface area contributed by atoms with E-state index in [0.29, 0.717) is 18.0 Å². The summed E-state index contributed by atoms with van der Waals surface area (Å²) in [6.07, 6.45) is 2.66. The lowest BCUT2D eigenvalue weighted by Crippen LogP contribution is -2.26. The van der Waals surface area contributed by atoms with Gasteiger partial charge in [0.15, 0.2) is 6.29 Å². The van der Waals surface area contributed by atoms with Gasteiger partial charge in [-0.1, -0.05) is 25.4 Å². The first-order valence-corrected chi connectivity index (χ1v) is 5.79. The summed E-state index contributed by atoms with van der Waals surface area (Å²) in [5, 5.41) is 12.4. The Morgan fingerprint density at radius 1 is 1.53 bits per heavy atom. The topological polar surface area (TPSA) is 75.1 Å². The number of nitrogens with one attached hydrogen (secondary N) is 1. The van der Waals surface area contributed by atoms with Crippen LogP contribution in [0.15, 0.2) is 6.33 Å². The van der Waals surface area contributed by atoms with Gasteiger partial charge in [-0.2, -0.15) is 0 Å². The number of anilines is 1. The monoisotopic (exact) mass is 257 g/mol. The molecule has 17 heavy (non-hydrogen) atoms. The molecule has 0 aliphatic heterocycles. The minimum atomic E-state index is -0.153. The van der Waals surface area contributed by atoms with Gasteiger partial charge >= 0.3 is 0 Å². The third-order valence-corrected chi connectivity index (χ3v) is 2.57. The number of aliphatic hydroxyl groups excluding tert-OH is 1. The summed E-state index contributed by atoms with van der Waals surface area (Å²) in [5.41, 5.74) is 0.219. The average molecular weight is 258 g/mol. The molecule has 0 fully saturated rings. The molecule has 2 N–H and O–H groups in total. The normalized spacial score (nSPS) is 12.5. The van der Waals surface area contributed by atoms with Gasteiger partial charge in [-0.25, -0.2) is 9.97 Å². The zero-order chi connectivity index (χ0) is 12.8. The molecule has 0 saturated carbocycles. The van der Waals surface area contributed by atoms with Gasteiger partial charge in [-0.05, 0) is 12.3 Å². The molecule has 0 aliphatic rings. The summed E-state index contributed by atoms with van der Waals surface area (Å²) in [4.78, 5) is 18.6. The Hall–Kier alpha value is -1.20. The Kier molecular flexibility index (Phi) is 5.31. The predicted molar refractivity (Wildman–Crippen MR) is 66.4 cm³/mol. The van der Waals surface area contributed by atoms with E-state index in [9.17, 15) is 9.90 Å². The van der Waals surface area contributed by atoms with Crippen molar-refractivity contribution in [1.82, 2.24) is 9.97 Å². The van der Waals surface area contributed by atoms with Gasteiger partial charge in [0.25, 0.3) is 0 Å². The number of aromatic nitrogens is 2. The number of hydrogen-bond acceptors (Lipinski definition) is 5. The summed E-state index contributed by atoms with van der Waals surface area (Å²) < 4.78 is 0. The highest BCUT2D eigenvalue weighted by Gasteiger charge is 2.14. The highest BCUT2D eigenvalue weighted by atomic mass is 35.5. The largest absolute Gasteiger partial charge is 0.394 e. The minimum absolute atomic E-state index is 0.0297. The molecule has 0 aromatic carbocycles. The lowest BCUT2D eigenvalue weighted by atomic mass is 10.0. The summed E-state index contributed by atoms with van der Waals surface area (Å²) in [6, 6.07) is -0.153. The molecule has 5 nitrogen and oxygen atoms in total. The number of aliphatic hydroxyl groups is 1. The van der Waals surface area contributed by atoms with E-state index in [1.54, 1.807) is 0 Å². The van der Waals surface area contributed by atoms with Crippen molar-refractivity contribution in [3.8, 4) is 0 Å². The van der Waals surface area contributed by atoms with Crippen LogP contribution < -0.4 is 5.32 Å². The molecule has 6 heteroatoms. The molecule has 0 aliphatic carbocycles. The fourth-order valence-corrected chi connectivity index (χ4v) is 1.71. The van der Waals surface area contributed by atoms with Crippen LogP contribution in [-0.2, 0) is 0 Å². The molecule has 1 aromatic rings. The Morgan fingerprint density at radius 2 is 2.24 bits per heavy atom. The fourth-order valence-electron chi connectivity index (χ4n) is 1.54. The fraction of sp³-hybridized carbons (Fsp3) is 0.545. The molecular weight excluding hydrogens is 242 g/mol. The van der Waals surface area contributed by atoms with Gasteiger partial charge in [0.05, 0.1) is 18.2 Å². The molecule has 0 spiro atoms. The van der Waals surface area contributed by atoms with Gasteiger partial charge < -0.3 is 10.4 Å². The maximum absolute atomic E-state index is 10.9. The summed E-state index contributed by atoms with van der Waals surface area (Å²) in [5.74, 6) is 0.788. The van der Waals surface area contributed by atoms with Crippen LogP contribution in [0.1, 0.15) is 30.6 Å². The maximum atomic E-state index is 10.9. The van der Waals surface area contributed by atoms with Crippen LogP contribution >= 0.6 is 11.6 Å². The first-order valence-electron chi connectivity index (χ1n) is 5.41. The number of aldehydes is 1. The lowest BCUT2D eigenvalue weighted by Gasteiger charge is -2.19. The van der Waals surface area contributed by atoms with Crippen molar-refractivity contribution >= 4 is 23.7 Å². The summed E-state index contributed by atoms with van der Waals surface area (Å²) in [7, 11) is 0. The van der Waals surface area contributed by atoms with Crippen molar-refractivity contribution in [2.45, 2.75) is 26.3 Å². The maximum Gasteiger partial charge on any atom is 0.156 e. The Balaban J connectivity index is 2.85. The number of nitrogens with zero attached hydrogens (tertiary/aromatic N) is 2. The van der Waals surface area contributed by atoms with E-state index in [-0.39, 0.29) is 23.4 Å². The van der Waals surface area contributed by atoms with Crippen LogP contribution in [0.25, 0.3) is 0 Å². The zero-order valence-electron chi connectivity index (χ0n) is 9.85. The van der Waals surface area contributed by atoms with Crippen LogP contribution in [0.4, 0.5) is 5.82 Å². The van der Waals surface area contributed by atoms with Gasteiger partial charge in [-0.3, -0.25) is 4.79 Å². The molecule has 94 valence electrons. The molecule has 0 saturated heterocycles. The van der Waals surface area contributed by atoms with Crippen molar-refractivity contribution in [3.63, 3.8) is 0 Å². The van der Waals surface area contributed by atoms with Crippen LogP contribution in [0.3, 0.4) is 0 Å². The van der Waals surface area contributed by atoms with E-state index in [4.69, 9.17) is 11.6 Å². The van der Waals surface area contributed by atoms with Crippen LogP contribution in [0.5, 0.6) is 0 Å². The van der Waals surface area contributed by atoms with Gasteiger partial charge in [0, 0.05) is 0 Å². The third-order valence-electron chi connectivity index (χ3n) is 2.27. The van der Waals surface area contributed by atoms with Crippen molar-refractivity contribution in [1.29, 1.82) is 0 Å². The summed E-state index contributed by atoms with van der Waals surface area (Å²) in [6.45, 7) is 4.08. The molecule has 1 aromatic heterocycles. The third kappa shape index (κ3) is 3.94. The predicted octanol–water partition coefficient (Wildman–Crippen LogP) is 1.76. The van der Waals surface area contributed by atoms with E-state index >= 15 is 0 Å². The number of carbonyl (C=O) groups is 1. The SMILES string of the molecule is CC(C)CC(CO)Nc1ncnc(Cl)c1C=O. The van der Waals surface area contributed by atoms with Crippen LogP contribution in [0, 0.1) is 5.92 Å². The highest BCUT2D eigenvalue weighted by molar-refractivity contribution is 6.32. The summed E-state index contributed by atoms with van der Waals surface area (Å²) >= 11 is 5.78. The number of rotatable bonds is 6. The molecule has 0 radical (unpaired) electrons. The van der Waals surface area contributed by atoms with Crippen LogP contribution in [-0.4, -0.2) is 34.0 Å².